The lowest BCUT2D eigenvalue weighted by Crippen LogP contribution is -2.09. The van der Waals surface area contributed by atoms with Gasteiger partial charge in [-0.2, -0.15) is 0 Å². The fourth-order valence-corrected chi connectivity index (χ4v) is 2.38. The van der Waals surface area contributed by atoms with E-state index in [-0.39, 0.29) is 0 Å². The summed E-state index contributed by atoms with van der Waals surface area (Å²) in [6, 6.07) is 14.1. The molecular formula is C16H19ClN2. The van der Waals surface area contributed by atoms with Crippen LogP contribution in [-0.4, -0.2) is 11.5 Å². The predicted molar refractivity (Wildman–Crippen MR) is 80.4 cm³/mol. The van der Waals surface area contributed by atoms with Crippen LogP contribution in [0.3, 0.4) is 0 Å². The van der Waals surface area contributed by atoms with Crippen LogP contribution in [0.25, 0.3) is 0 Å². The number of rotatable bonds is 6. The smallest absolute Gasteiger partial charge is 0.0435 e. The average molecular weight is 275 g/mol. The van der Waals surface area contributed by atoms with Gasteiger partial charge in [-0.3, -0.25) is 4.98 Å². The summed E-state index contributed by atoms with van der Waals surface area (Å²) in [5.41, 5.74) is 8.16. The molecule has 1 unspecified atom stereocenters. The number of halogens is 1. The number of hydrogen-bond donors (Lipinski definition) is 1. The Morgan fingerprint density at radius 1 is 1.05 bits per heavy atom. The van der Waals surface area contributed by atoms with Crippen molar-refractivity contribution in [3.05, 3.63) is 64.9 Å². The van der Waals surface area contributed by atoms with Gasteiger partial charge >= 0.3 is 0 Å². The van der Waals surface area contributed by atoms with Crippen LogP contribution in [0.4, 0.5) is 0 Å². The predicted octanol–water partition coefficient (Wildman–Crippen LogP) is 3.80. The van der Waals surface area contributed by atoms with Gasteiger partial charge in [0.1, 0.15) is 0 Å². The van der Waals surface area contributed by atoms with Crippen molar-refractivity contribution in [3.63, 3.8) is 0 Å². The number of nitrogens with zero attached hydrogens (tertiary/aromatic N) is 1. The number of pyridine rings is 1. The van der Waals surface area contributed by atoms with E-state index in [1.807, 2.05) is 30.5 Å². The van der Waals surface area contributed by atoms with Gasteiger partial charge in [0.15, 0.2) is 0 Å². The number of aryl methyl sites for hydroxylation is 1. The lowest BCUT2D eigenvalue weighted by Gasteiger charge is -2.15. The minimum absolute atomic E-state index is 0.432. The molecular weight excluding hydrogens is 256 g/mol. The van der Waals surface area contributed by atoms with Crippen LogP contribution in [0, 0.1) is 0 Å². The van der Waals surface area contributed by atoms with E-state index in [2.05, 4.69) is 23.2 Å². The number of hydrogen-bond acceptors (Lipinski definition) is 2. The van der Waals surface area contributed by atoms with Crippen LogP contribution in [-0.2, 0) is 6.42 Å². The van der Waals surface area contributed by atoms with Gasteiger partial charge in [0.25, 0.3) is 0 Å². The van der Waals surface area contributed by atoms with Crippen molar-refractivity contribution < 1.29 is 0 Å². The summed E-state index contributed by atoms with van der Waals surface area (Å²) < 4.78 is 0. The average Bonchev–Trinajstić information content (AvgIpc) is 2.46. The summed E-state index contributed by atoms with van der Waals surface area (Å²) in [4.78, 5) is 4.45. The standard InChI is InChI=1S/C16H19ClN2/c17-15-8-5-13(6-9-15)4-7-14(10-11-18)16-3-1-2-12-19-16/h1-3,5-6,8-9,12,14H,4,7,10-11,18H2. The molecule has 0 aliphatic carbocycles. The normalized spacial score (nSPS) is 12.3. The summed E-state index contributed by atoms with van der Waals surface area (Å²) >= 11 is 5.89. The van der Waals surface area contributed by atoms with Crippen molar-refractivity contribution in [2.24, 2.45) is 5.73 Å². The molecule has 0 bridgehead atoms. The molecule has 1 aromatic heterocycles. The van der Waals surface area contributed by atoms with Gasteiger partial charge in [0.05, 0.1) is 0 Å². The summed E-state index contributed by atoms with van der Waals surface area (Å²) in [5.74, 6) is 0.432. The van der Waals surface area contributed by atoms with Crippen molar-refractivity contribution >= 4 is 11.6 Å². The van der Waals surface area contributed by atoms with E-state index < -0.39 is 0 Å². The molecule has 2 rings (SSSR count). The highest BCUT2D eigenvalue weighted by atomic mass is 35.5. The lowest BCUT2D eigenvalue weighted by molar-refractivity contribution is 0.570. The SMILES string of the molecule is NCCC(CCc1ccc(Cl)cc1)c1ccccn1. The van der Waals surface area contributed by atoms with Crippen LogP contribution in [0.15, 0.2) is 48.7 Å². The van der Waals surface area contributed by atoms with Gasteiger partial charge in [0, 0.05) is 22.8 Å². The summed E-state index contributed by atoms with van der Waals surface area (Å²) in [5, 5.41) is 0.784. The molecule has 19 heavy (non-hydrogen) atoms. The third kappa shape index (κ3) is 4.34. The van der Waals surface area contributed by atoms with E-state index in [0.29, 0.717) is 12.5 Å². The summed E-state index contributed by atoms with van der Waals surface area (Å²) in [7, 11) is 0. The fourth-order valence-electron chi connectivity index (χ4n) is 2.25. The Labute approximate surface area is 119 Å². The third-order valence-electron chi connectivity index (χ3n) is 3.32. The van der Waals surface area contributed by atoms with E-state index in [1.165, 1.54) is 5.56 Å². The van der Waals surface area contributed by atoms with Crippen molar-refractivity contribution in [2.75, 3.05) is 6.54 Å². The van der Waals surface area contributed by atoms with E-state index >= 15 is 0 Å². The molecule has 0 amide bonds. The number of nitrogens with two attached hydrogens (primary N) is 1. The second-order valence-corrected chi connectivity index (χ2v) is 5.13. The Bertz CT molecular complexity index is 482. The Kier molecular flexibility index (Phi) is 5.37. The minimum atomic E-state index is 0.432. The van der Waals surface area contributed by atoms with Gasteiger partial charge in [-0.1, -0.05) is 29.8 Å². The first-order valence-corrected chi connectivity index (χ1v) is 7.03. The van der Waals surface area contributed by atoms with E-state index in [4.69, 9.17) is 17.3 Å². The number of aromatic nitrogens is 1. The molecule has 1 atom stereocenters. The second-order valence-electron chi connectivity index (χ2n) is 4.69. The molecule has 3 heteroatoms. The van der Waals surface area contributed by atoms with Crippen LogP contribution >= 0.6 is 11.6 Å². The summed E-state index contributed by atoms with van der Waals surface area (Å²) in [6.45, 7) is 0.696. The monoisotopic (exact) mass is 274 g/mol. The Morgan fingerprint density at radius 2 is 1.84 bits per heavy atom. The van der Waals surface area contributed by atoms with Crippen molar-refractivity contribution in [1.29, 1.82) is 0 Å². The highest BCUT2D eigenvalue weighted by Gasteiger charge is 2.11. The first-order chi connectivity index (χ1) is 9.29. The molecule has 0 saturated carbocycles. The molecule has 0 aliphatic heterocycles. The van der Waals surface area contributed by atoms with Crippen LogP contribution < -0.4 is 5.73 Å². The zero-order valence-corrected chi connectivity index (χ0v) is 11.7. The second kappa shape index (κ2) is 7.27. The fraction of sp³-hybridized carbons (Fsp3) is 0.312. The summed E-state index contributed by atoms with van der Waals surface area (Å²) in [6.07, 6.45) is 4.92. The Balaban J connectivity index is 1.99. The first kappa shape index (κ1) is 14.0. The first-order valence-electron chi connectivity index (χ1n) is 6.65. The highest BCUT2D eigenvalue weighted by molar-refractivity contribution is 6.30. The third-order valence-corrected chi connectivity index (χ3v) is 3.57. The van der Waals surface area contributed by atoms with E-state index in [0.717, 1.165) is 30.0 Å². The van der Waals surface area contributed by atoms with Gasteiger partial charge in [-0.15, -0.1) is 0 Å². The van der Waals surface area contributed by atoms with Crippen LogP contribution in [0.1, 0.15) is 30.0 Å². The molecule has 0 radical (unpaired) electrons. The maximum absolute atomic E-state index is 5.89. The maximum Gasteiger partial charge on any atom is 0.0435 e. The minimum Gasteiger partial charge on any atom is -0.330 e. The topological polar surface area (TPSA) is 38.9 Å². The molecule has 2 N–H and O–H groups in total. The molecule has 1 heterocycles. The largest absolute Gasteiger partial charge is 0.330 e. The van der Waals surface area contributed by atoms with Crippen molar-refractivity contribution in [3.8, 4) is 0 Å². The lowest BCUT2D eigenvalue weighted by atomic mass is 9.93. The number of benzene rings is 1. The van der Waals surface area contributed by atoms with E-state index in [9.17, 15) is 0 Å². The Morgan fingerprint density at radius 3 is 2.47 bits per heavy atom. The van der Waals surface area contributed by atoms with Gasteiger partial charge in [-0.05, 0) is 55.6 Å². The van der Waals surface area contributed by atoms with Crippen molar-refractivity contribution in [2.45, 2.75) is 25.2 Å². The molecule has 0 fully saturated rings. The highest BCUT2D eigenvalue weighted by Crippen LogP contribution is 2.23. The zero-order valence-electron chi connectivity index (χ0n) is 10.9. The van der Waals surface area contributed by atoms with Gasteiger partial charge < -0.3 is 5.73 Å². The van der Waals surface area contributed by atoms with Crippen LogP contribution in [0.2, 0.25) is 5.02 Å². The van der Waals surface area contributed by atoms with Crippen LogP contribution in [0.5, 0.6) is 0 Å². The Hall–Kier alpha value is -1.38. The van der Waals surface area contributed by atoms with E-state index in [1.54, 1.807) is 0 Å². The van der Waals surface area contributed by atoms with Gasteiger partial charge in [0.2, 0.25) is 0 Å². The molecule has 0 aliphatic rings. The molecule has 100 valence electrons. The quantitative estimate of drug-likeness (QED) is 0.870. The molecule has 2 nitrogen and oxygen atoms in total. The molecule has 1 aromatic carbocycles. The molecule has 0 spiro atoms. The maximum atomic E-state index is 5.89. The van der Waals surface area contributed by atoms with Crippen molar-refractivity contribution in [1.82, 2.24) is 4.98 Å². The van der Waals surface area contributed by atoms with Gasteiger partial charge in [-0.25, -0.2) is 0 Å². The molecule has 0 saturated heterocycles. The molecule has 2 aromatic rings. The zero-order chi connectivity index (χ0) is 13.5.